The number of carbonyl (C=O) groups excluding carboxylic acids is 1. The summed E-state index contributed by atoms with van der Waals surface area (Å²) in [5, 5.41) is 0. The van der Waals surface area contributed by atoms with Gasteiger partial charge in [-0.2, -0.15) is 0 Å². The van der Waals surface area contributed by atoms with Crippen LogP contribution in [0.3, 0.4) is 0 Å². The summed E-state index contributed by atoms with van der Waals surface area (Å²) >= 11 is 0. The molecule has 0 bridgehead atoms. The molecule has 0 aromatic heterocycles. The maximum absolute atomic E-state index is 11.1. The minimum Gasteiger partial charge on any atom is -0.381 e. The van der Waals surface area contributed by atoms with Crippen molar-refractivity contribution < 1.29 is 14.3 Å². The molecule has 0 heterocycles. The van der Waals surface area contributed by atoms with E-state index in [4.69, 9.17) is 9.47 Å². The van der Waals surface area contributed by atoms with Crippen LogP contribution in [0.25, 0.3) is 0 Å². The second-order valence-corrected chi connectivity index (χ2v) is 3.15. The first-order chi connectivity index (χ1) is 5.56. The molecule has 0 rings (SSSR count). The van der Waals surface area contributed by atoms with E-state index in [2.05, 4.69) is 0 Å². The molecule has 0 aromatic carbocycles. The van der Waals surface area contributed by atoms with Gasteiger partial charge in [0, 0.05) is 13.5 Å². The zero-order valence-electron chi connectivity index (χ0n) is 8.29. The Hall–Kier alpha value is -0.410. The monoisotopic (exact) mass is 174 g/mol. The minimum absolute atomic E-state index is 0.00624. The molecule has 12 heavy (non-hydrogen) atoms. The van der Waals surface area contributed by atoms with Gasteiger partial charge in [0.05, 0.1) is 12.2 Å². The van der Waals surface area contributed by atoms with Crippen molar-refractivity contribution in [3.8, 4) is 0 Å². The third-order valence-corrected chi connectivity index (χ3v) is 1.50. The molecule has 0 saturated carbocycles. The van der Waals surface area contributed by atoms with Gasteiger partial charge >= 0.3 is 0 Å². The number of carbonyl (C=O) groups is 1. The molecule has 1 atom stereocenters. The van der Waals surface area contributed by atoms with E-state index in [-0.39, 0.29) is 24.6 Å². The number of rotatable bonds is 6. The quantitative estimate of drug-likeness (QED) is 0.610. The first-order valence-corrected chi connectivity index (χ1v) is 4.22. The predicted molar refractivity (Wildman–Crippen MR) is 47.2 cm³/mol. The molecule has 0 radical (unpaired) electrons. The van der Waals surface area contributed by atoms with E-state index in [9.17, 15) is 4.79 Å². The fraction of sp³-hybridized carbons (Fsp3) is 0.889. The summed E-state index contributed by atoms with van der Waals surface area (Å²) < 4.78 is 10.1. The zero-order chi connectivity index (χ0) is 9.56. The molecule has 0 aliphatic carbocycles. The van der Waals surface area contributed by atoms with Crippen molar-refractivity contribution in [1.82, 2.24) is 0 Å². The van der Waals surface area contributed by atoms with Crippen LogP contribution in [-0.2, 0) is 14.3 Å². The summed E-state index contributed by atoms with van der Waals surface area (Å²) in [5.74, 6) is 0.0954. The second-order valence-electron chi connectivity index (χ2n) is 3.15. The molecule has 3 nitrogen and oxygen atoms in total. The van der Waals surface area contributed by atoms with Gasteiger partial charge in [0.15, 0.2) is 5.78 Å². The molecule has 3 heteroatoms. The summed E-state index contributed by atoms with van der Waals surface area (Å²) in [6.45, 7) is 5.89. The number of Topliss-reactive ketones (excluding diaryl/α,β-unsaturated/α-hetero) is 1. The lowest BCUT2D eigenvalue weighted by Gasteiger charge is -2.09. The molecule has 0 spiro atoms. The Balaban J connectivity index is 3.46. The van der Waals surface area contributed by atoms with Crippen LogP contribution >= 0.6 is 0 Å². The van der Waals surface area contributed by atoms with Crippen LogP contribution in [0.4, 0.5) is 0 Å². The van der Waals surface area contributed by atoms with Crippen molar-refractivity contribution in [3.05, 3.63) is 0 Å². The third kappa shape index (κ3) is 6.31. The van der Waals surface area contributed by atoms with Crippen LogP contribution in [0.1, 0.15) is 27.2 Å². The normalized spacial score (nSPS) is 13.4. The molecule has 0 fully saturated rings. The third-order valence-electron chi connectivity index (χ3n) is 1.50. The van der Waals surface area contributed by atoms with Crippen LogP contribution in [0, 0.1) is 0 Å². The van der Waals surface area contributed by atoms with E-state index in [1.165, 1.54) is 0 Å². The van der Waals surface area contributed by atoms with Crippen molar-refractivity contribution in [1.29, 1.82) is 0 Å². The molecule has 0 saturated heterocycles. The van der Waals surface area contributed by atoms with E-state index in [1.807, 2.05) is 20.8 Å². The van der Waals surface area contributed by atoms with Crippen LogP contribution in [-0.4, -0.2) is 31.7 Å². The van der Waals surface area contributed by atoms with Gasteiger partial charge in [-0.25, -0.2) is 0 Å². The van der Waals surface area contributed by atoms with Crippen molar-refractivity contribution in [3.63, 3.8) is 0 Å². The van der Waals surface area contributed by atoms with Gasteiger partial charge in [0.1, 0.15) is 6.61 Å². The molecule has 0 aliphatic rings. The van der Waals surface area contributed by atoms with Crippen LogP contribution in [0.15, 0.2) is 0 Å². The summed E-state index contributed by atoms with van der Waals surface area (Å²) in [5.41, 5.74) is 0. The first kappa shape index (κ1) is 11.6. The fourth-order valence-corrected chi connectivity index (χ4v) is 0.722. The number of ether oxygens (including phenoxy) is 2. The Morgan fingerprint density at radius 2 is 1.92 bits per heavy atom. The summed E-state index contributed by atoms with van der Waals surface area (Å²) in [7, 11) is 1.60. The maximum Gasteiger partial charge on any atom is 0.161 e. The molecule has 0 aromatic rings. The van der Waals surface area contributed by atoms with E-state index in [0.29, 0.717) is 6.42 Å². The Bertz CT molecular complexity index is 132. The average molecular weight is 174 g/mol. The van der Waals surface area contributed by atoms with Gasteiger partial charge in [-0.15, -0.1) is 0 Å². The standard InChI is InChI=1S/C9H18O3/c1-7(2)12-6-9(10)5-8(3)11-4/h7-8H,5-6H2,1-4H3. The topological polar surface area (TPSA) is 35.5 Å². The summed E-state index contributed by atoms with van der Waals surface area (Å²) in [4.78, 5) is 11.1. The highest BCUT2D eigenvalue weighted by molar-refractivity contribution is 5.80. The van der Waals surface area contributed by atoms with Crippen molar-refractivity contribution >= 4 is 5.78 Å². The number of ketones is 1. The zero-order valence-corrected chi connectivity index (χ0v) is 8.29. The molecule has 0 N–H and O–H groups in total. The Morgan fingerprint density at radius 3 is 2.33 bits per heavy atom. The largest absolute Gasteiger partial charge is 0.381 e. The molecule has 72 valence electrons. The number of methoxy groups -OCH3 is 1. The predicted octanol–water partition coefficient (Wildman–Crippen LogP) is 1.41. The highest BCUT2D eigenvalue weighted by Gasteiger charge is 2.08. The lowest BCUT2D eigenvalue weighted by molar-refractivity contribution is -0.127. The van der Waals surface area contributed by atoms with Gasteiger partial charge < -0.3 is 9.47 Å². The maximum atomic E-state index is 11.1. The fourth-order valence-electron chi connectivity index (χ4n) is 0.722. The minimum atomic E-state index is -0.00624. The molecular weight excluding hydrogens is 156 g/mol. The van der Waals surface area contributed by atoms with Crippen molar-refractivity contribution in [2.45, 2.75) is 39.4 Å². The van der Waals surface area contributed by atoms with E-state index < -0.39 is 0 Å². The van der Waals surface area contributed by atoms with Gasteiger partial charge in [-0.3, -0.25) is 4.79 Å². The summed E-state index contributed by atoms with van der Waals surface area (Å²) in [6.07, 6.45) is 0.545. The lowest BCUT2D eigenvalue weighted by Crippen LogP contribution is -2.18. The van der Waals surface area contributed by atoms with Crippen molar-refractivity contribution in [2.75, 3.05) is 13.7 Å². The van der Waals surface area contributed by atoms with Gasteiger partial charge in [-0.1, -0.05) is 0 Å². The van der Waals surface area contributed by atoms with E-state index in [0.717, 1.165) is 0 Å². The second kappa shape index (κ2) is 6.14. The number of hydrogen-bond acceptors (Lipinski definition) is 3. The Kier molecular flexibility index (Phi) is 5.93. The highest BCUT2D eigenvalue weighted by Crippen LogP contribution is 1.98. The van der Waals surface area contributed by atoms with Crippen molar-refractivity contribution in [2.24, 2.45) is 0 Å². The van der Waals surface area contributed by atoms with E-state index >= 15 is 0 Å². The first-order valence-electron chi connectivity index (χ1n) is 4.22. The molecular formula is C9H18O3. The SMILES string of the molecule is COC(C)CC(=O)COC(C)C. The van der Waals surface area contributed by atoms with Crippen LogP contribution in [0.5, 0.6) is 0 Å². The summed E-state index contributed by atoms with van der Waals surface area (Å²) in [6, 6.07) is 0. The number of hydrogen-bond donors (Lipinski definition) is 0. The lowest BCUT2D eigenvalue weighted by atomic mass is 10.2. The molecule has 0 amide bonds. The highest BCUT2D eigenvalue weighted by atomic mass is 16.5. The molecule has 0 aliphatic heterocycles. The van der Waals surface area contributed by atoms with Gasteiger partial charge in [-0.05, 0) is 20.8 Å². The van der Waals surface area contributed by atoms with Crippen LogP contribution in [0.2, 0.25) is 0 Å². The smallest absolute Gasteiger partial charge is 0.161 e. The average Bonchev–Trinajstić information content (AvgIpc) is 2.00. The molecule has 1 unspecified atom stereocenters. The van der Waals surface area contributed by atoms with Gasteiger partial charge in [0.2, 0.25) is 0 Å². The Labute approximate surface area is 74.0 Å². The Morgan fingerprint density at radius 1 is 1.33 bits per heavy atom. The van der Waals surface area contributed by atoms with Gasteiger partial charge in [0.25, 0.3) is 0 Å². The van der Waals surface area contributed by atoms with Crippen LogP contribution < -0.4 is 0 Å². The van der Waals surface area contributed by atoms with E-state index in [1.54, 1.807) is 7.11 Å².